The normalized spacial score (nSPS) is 14.9. The smallest absolute Gasteiger partial charge is 0.0687 e. The van der Waals surface area contributed by atoms with Gasteiger partial charge in [0.2, 0.25) is 0 Å². The van der Waals surface area contributed by atoms with Crippen molar-refractivity contribution < 1.29 is 5.11 Å². The lowest BCUT2D eigenvalue weighted by atomic mass is 10.0. The van der Waals surface area contributed by atoms with E-state index in [1.54, 1.807) is 0 Å². The Balaban J connectivity index is 2.57. The summed E-state index contributed by atoms with van der Waals surface area (Å²) < 4.78 is 0. The molecule has 0 aliphatic rings. The van der Waals surface area contributed by atoms with E-state index in [-0.39, 0.29) is 6.10 Å². The van der Waals surface area contributed by atoms with Crippen molar-refractivity contribution in [2.24, 2.45) is 5.92 Å². The molecule has 1 rings (SSSR count). The van der Waals surface area contributed by atoms with E-state index >= 15 is 0 Å². The molecule has 0 radical (unpaired) electrons. The minimum atomic E-state index is -0.269. The first-order valence-electron chi connectivity index (χ1n) is 6.52. The zero-order valence-electron chi connectivity index (χ0n) is 11.4. The molecule has 2 N–H and O–H groups in total. The molecule has 2 unspecified atom stereocenters. The maximum atomic E-state index is 9.80. The van der Waals surface area contributed by atoms with E-state index in [1.807, 2.05) is 13.8 Å². The third-order valence-corrected chi connectivity index (χ3v) is 3.23. The summed E-state index contributed by atoms with van der Waals surface area (Å²) in [5.74, 6) is 0.304. The van der Waals surface area contributed by atoms with E-state index in [1.165, 1.54) is 11.1 Å². The van der Waals surface area contributed by atoms with Crippen LogP contribution in [0.25, 0.3) is 0 Å². The summed E-state index contributed by atoms with van der Waals surface area (Å²) >= 11 is 0. The van der Waals surface area contributed by atoms with E-state index in [0.717, 1.165) is 6.42 Å². The van der Waals surface area contributed by atoms with Crippen molar-refractivity contribution in [2.75, 3.05) is 6.54 Å². The third kappa shape index (κ3) is 4.49. The lowest BCUT2D eigenvalue weighted by Gasteiger charge is -2.21. The van der Waals surface area contributed by atoms with Crippen LogP contribution in [0.15, 0.2) is 24.3 Å². The van der Waals surface area contributed by atoms with Crippen molar-refractivity contribution in [1.29, 1.82) is 0 Å². The van der Waals surface area contributed by atoms with Crippen LogP contribution in [0.4, 0.5) is 0 Å². The summed E-state index contributed by atoms with van der Waals surface area (Å²) in [6, 6.07) is 8.94. The number of hydrogen-bond acceptors (Lipinski definition) is 2. The quantitative estimate of drug-likeness (QED) is 0.794. The summed E-state index contributed by atoms with van der Waals surface area (Å²) in [4.78, 5) is 0. The molecule has 17 heavy (non-hydrogen) atoms. The lowest BCUT2D eigenvalue weighted by molar-refractivity contribution is 0.120. The second-order valence-corrected chi connectivity index (χ2v) is 5.09. The Hall–Kier alpha value is -0.860. The number of aryl methyl sites for hydroxylation is 1. The van der Waals surface area contributed by atoms with E-state index in [9.17, 15) is 5.11 Å². The zero-order valence-corrected chi connectivity index (χ0v) is 11.4. The fourth-order valence-electron chi connectivity index (χ4n) is 1.80. The van der Waals surface area contributed by atoms with Gasteiger partial charge in [-0.05, 0) is 24.8 Å². The molecule has 2 atom stereocenters. The van der Waals surface area contributed by atoms with Crippen LogP contribution in [0, 0.1) is 12.8 Å². The second kappa shape index (κ2) is 6.77. The van der Waals surface area contributed by atoms with Gasteiger partial charge in [-0.25, -0.2) is 0 Å². The predicted molar refractivity (Wildman–Crippen MR) is 73.1 cm³/mol. The topological polar surface area (TPSA) is 32.3 Å². The molecule has 2 heteroatoms. The first-order valence-corrected chi connectivity index (χ1v) is 6.52. The van der Waals surface area contributed by atoms with Crippen molar-refractivity contribution >= 4 is 0 Å². The van der Waals surface area contributed by atoms with E-state index < -0.39 is 0 Å². The zero-order chi connectivity index (χ0) is 12.8. The van der Waals surface area contributed by atoms with Crippen molar-refractivity contribution in [1.82, 2.24) is 5.32 Å². The molecule has 0 aliphatic heterocycles. The molecular weight excluding hydrogens is 210 g/mol. The van der Waals surface area contributed by atoms with Crippen LogP contribution in [0.2, 0.25) is 0 Å². The average molecular weight is 235 g/mol. The highest BCUT2D eigenvalue weighted by molar-refractivity contribution is 5.24. The Morgan fingerprint density at radius 2 is 1.76 bits per heavy atom. The van der Waals surface area contributed by atoms with E-state index in [4.69, 9.17) is 0 Å². The molecular formula is C15H25NO. The van der Waals surface area contributed by atoms with Gasteiger partial charge in [-0.2, -0.15) is 0 Å². The first kappa shape index (κ1) is 14.2. The van der Waals surface area contributed by atoms with Crippen LogP contribution in [0.1, 0.15) is 44.4 Å². The molecule has 0 spiro atoms. The van der Waals surface area contributed by atoms with Gasteiger partial charge >= 0.3 is 0 Å². The molecule has 0 aliphatic carbocycles. The summed E-state index contributed by atoms with van der Waals surface area (Å²) in [6.07, 6.45) is 0.767. The Kier molecular flexibility index (Phi) is 5.66. The van der Waals surface area contributed by atoms with Gasteiger partial charge in [0.25, 0.3) is 0 Å². The highest BCUT2D eigenvalue weighted by Gasteiger charge is 2.13. The highest BCUT2D eigenvalue weighted by atomic mass is 16.3. The van der Waals surface area contributed by atoms with Crippen molar-refractivity contribution in [3.63, 3.8) is 0 Å². The molecule has 0 saturated carbocycles. The standard InChI is InChI=1S/C15H25NO/c1-5-14(16-10-15(17)11(2)3)13-8-6-12(4)7-9-13/h6-9,11,14-17H,5,10H2,1-4H3. The van der Waals surface area contributed by atoms with Crippen LogP contribution in [0.5, 0.6) is 0 Å². The number of aliphatic hydroxyl groups is 1. The molecule has 1 aromatic carbocycles. The fourth-order valence-corrected chi connectivity index (χ4v) is 1.80. The Labute approximate surface area is 105 Å². The van der Waals surface area contributed by atoms with Crippen molar-refractivity contribution in [3.8, 4) is 0 Å². The number of nitrogens with one attached hydrogen (secondary N) is 1. The summed E-state index contributed by atoms with van der Waals surface area (Å²) in [6.45, 7) is 9.00. The van der Waals surface area contributed by atoms with Gasteiger partial charge in [0.1, 0.15) is 0 Å². The molecule has 0 amide bonds. The largest absolute Gasteiger partial charge is 0.392 e. The maximum Gasteiger partial charge on any atom is 0.0687 e. The Morgan fingerprint density at radius 1 is 1.18 bits per heavy atom. The van der Waals surface area contributed by atoms with Crippen LogP contribution < -0.4 is 5.32 Å². The maximum absolute atomic E-state index is 9.80. The average Bonchev–Trinajstić information content (AvgIpc) is 2.31. The molecule has 0 saturated heterocycles. The molecule has 2 nitrogen and oxygen atoms in total. The summed E-state index contributed by atoms with van der Waals surface area (Å²) in [7, 11) is 0. The monoisotopic (exact) mass is 235 g/mol. The van der Waals surface area contributed by atoms with Gasteiger partial charge in [-0.3, -0.25) is 0 Å². The van der Waals surface area contributed by atoms with Gasteiger partial charge in [-0.1, -0.05) is 50.6 Å². The summed E-state index contributed by atoms with van der Waals surface area (Å²) in [5.41, 5.74) is 2.58. The fraction of sp³-hybridized carbons (Fsp3) is 0.600. The Bertz CT molecular complexity index is 318. The van der Waals surface area contributed by atoms with Gasteiger partial charge in [0.05, 0.1) is 6.10 Å². The Morgan fingerprint density at radius 3 is 2.24 bits per heavy atom. The van der Waals surface area contributed by atoms with Crippen LogP contribution >= 0.6 is 0 Å². The van der Waals surface area contributed by atoms with Crippen LogP contribution in [-0.2, 0) is 0 Å². The molecule has 1 aromatic rings. The number of aliphatic hydroxyl groups excluding tert-OH is 1. The molecule has 96 valence electrons. The number of hydrogen-bond donors (Lipinski definition) is 2. The van der Waals surface area contributed by atoms with Crippen LogP contribution in [0.3, 0.4) is 0 Å². The van der Waals surface area contributed by atoms with E-state index in [0.29, 0.717) is 18.5 Å². The van der Waals surface area contributed by atoms with E-state index in [2.05, 4.69) is 43.4 Å². The van der Waals surface area contributed by atoms with Gasteiger partial charge in [0, 0.05) is 12.6 Å². The minimum Gasteiger partial charge on any atom is -0.392 e. The summed E-state index contributed by atoms with van der Waals surface area (Å²) in [5, 5.41) is 13.2. The lowest BCUT2D eigenvalue weighted by Crippen LogP contribution is -2.33. The minimum absolute atomic E-state index is 0.269. The SMILES string of the molecule is CCC(NCC(O)C(C)C)c1ccc(C)cc1. The van der Waals surface area contributed by atoms with Gasteiger partial charge < -0.3 is 10.4 Å². The number of benzene rings is 1. The van der Waals surface area contributed by atoms with Crippen molar-refractivity contribution in [2.45, 2.75) is 46.3 Å². The molecule has 0 heterocycles. The first-order chi connectivity index (χ1) is 8.04. The third-order valence-electron chi connectivity index (χ3n) is 3.23. The number of rotatable bonds is 6. The van der Waals surface area contributed by atoms with Crippen molar-refractivity contribution in [3.05, 3.63) is 35.4 Å². The predicted octanol–water partition coefficient (Wildman–Crippen LogP) is 3.05. The second-order valence-electron chi connectivity index (χ2n) is 5.09. The van der Waals surface area contributed by atoms with Crippen LogP contribution in [-0.4, -0.2) is 17.8 Å². The molecule has 0 bridgehead atoms. The van der Waals surface area contributed by atoms with Gasteiger partial charge in [-0.15, -0.1) is 0 Å². The molecule has 0 aromatic heterocycles. The molecule has 0 fully saturated rings. The highest BCUT2D eigenvalue weighted by Crippen LogP contribution is 2.17. The van der Waals surface area contributed by atoms with Gasteiger partial charge in [0.15, 0.2) is 0 Å².